The van der Waals surface area contributed by atoms with Crippen molar-refractivity contribution in [1.82, 2.24) is 10.2 Å². The fourth-order valence-electron chi connectivity index (χ4n) is 2.72. The van der Waals surface area contributed by atoms with Gasteiger partial charge in [-0.05, 0) is 37.9 Å². The molecule has 1 fully saturated rings. The Kier molecular flexibility index (Phi) is 12.2. The average Bonchev–Trinajstić information content (AvgIpc) is 2.55. The average molecular weight is 391 g/mol. The van der Waals surface area contributed by atoms with Crippen molar-refractivity contribution in [3.63, 3.8) is 0 Å². The Balaban J connectivity index is 0.00000288. The van der Waals surface area contributed by atoms with Crippen molar-refractivity contribution in [1.29, 1.82) is 0 Å². The zero-order valence-electron chi connectivity index (χ0n) is 14.3. The highest BCUT2D eigenvalue weighted by Crippen LogP contribution is 2.11. The van der Waals surface area contributed by atoms with E-state index in [9.17, 15) is 9.59 Å². The third-order valence-corrected chi connectivity index (χ3v) is 3.99. The van der Waals surface area contributed by atoms with Gasteiger partial charge >= 0.3 is 0 Å². The number of rotatable bonds is 7. The maximum Gasteiger partial charge on any atom is 0.238 e. The van der Waals surface area contributed by atoms with E-state index >= 15 is 0 Å². The Morgan fingerprint density at radius 1 is 1.08 bits per heavy atom. The fraction of sp³-hybridized carbons (Fsp3) is 0.529. The number of carbonyl (C=O) groups is 2. The number of nitrogens with two attached hydrogens (primary N) is 1. The van der Waals surface area contributed by atoms with Crippen LogP contribution in [0.3, 0.4) is 0 Å². The van der Waals surface area contributed by atoms with Crippen LogP contribution < -0.4 is 16.4 Å². The van der Waals surface area contributed by atoms with E-state index in [1.807, 2.05) is 30.3 Å². The Hall–Kier alpha value is -1.34. The number of piperidine rings is 1. The number of carbonyl (C=O) groups excluding carboxylic acids is 2. The first-order valence-electron chi connectivity index (χ1n) is 8.24. The van der Waals surface area contributed by atoms with E-state index in [0.29, 0.717) is 19.5 Å². The van der Waals surface area contributed by atoms with Gasteiger partial charge in [-0.3, -0.25) is 14.5 Å². The largest absolute Gasteiger partial charge is 0.353 e. The third-order valence-electron chi connectivity index (χ3n) is 3.99. The Bertz CT molecular complexity index is 509. The minimum atomic E-state index is 0. The van der Waals surface area contributed by atoms with E-state index < -0.39 is 0 Å². The molecule has 1 aromatic rings. The Labute approximate surface area is 161 Å². The van der Waals surface area contributed by atoms with Crippen molar-refractivity contribution >= 4 is 42.3 Å². The standard InChI is InChI=1S/C17H26N4O2.2ClH/c18-10-4-7-16(22)19-15-8-11-21(12-9-15)13-17(23)20-14-5-2-1-3-6-14;;/h1-3,5-6,15H,4,7-13,18H2,(H,19,22)(H,20,23);2*1H. The molecule has 4 N–H and O–H groups in total. The molecule has 0 radical (unpaired) electrons. The predicted molar refractivity (Wildman–Crippen MR) is 105 cm³/mol. The van der Waals surface area contributed by atoms with Crippen LogP contribution in [0, 0.1) is 0 Å². The molecule has 2 rings (SSSR count). The molecule has 0 spiro atoms. The Morgan fingerprint density at radius 2 is 1.72 bits per heavy atom. The van der Waals surface area contributed by atoms with Crippen molar-refractivity contribution in [3.05, 3.63) is 30.3 Å². The second-order valence-electron chi connectivity index (χ2n) is 5.92. The van der Waals surface area contributed by atoms with Crippen molar-refractivity contribution < 1.29 is 9.59 Å². The van der Waals surface area contributed by atoms with Gasteiger partial charge in [-0.15, -0.1) is 24.8 Å². The number of amides is 2. The van der Waals surface area contributed by atoms with Crippen molar-refractivity contribution in [2.75, 3.05) is 31.5 Å². The molecule has 0 aliphatic carbocycles. The summed E-state index contributed by atoms with van der Waals surface area (Å²) < 4.78 is 0. The lowest BCUT2D eigenvalue weighted by atomic mass is 10.0. The van der Waals surface area contributed by atoms with Gasteiger partial charge in [0.1, 0.15) is 0 Å². The maximum atomic E-state index is 12.0. The van der Waals surface area contributed by atoms with Gasteiger partial charge in [0.25, 0.3) is 0 Å². The van der Waals surface area contributed by atoms with Gasteiger partial charge in [-0.25, -0.2) is 0 Å². The van der Waals surface area contributed by atoms with E-state index in [-0.39, 0.29) is 42.7 Å². The molecule has 0 bridgehead atoms. The van der Waals surface area contributed by atoms with Gasteiger partial charge in [-0.2, -0.15) is 0 Å². The quantitative estimate of drug-likeness (QED) is 0.661. The molecule has 0 atom stereocenters. The summed E-state index contributed by atoms with van der Waals surface area (Å²) in [4.78, 5) is 25.8. The topological polar surface area (TPSA) is 87.5 Å². The summed E-state index contributed by atoms with van der Waals surface area (Å²) >= 11 is 0. The minimum absolute atomic E-state index is 0. The molecule has 1 aromatic carbocycles. The lowest BCUT2D eigenvalue weighted by Gasteiger charge is -2.31. The predicted octanol–water partition coefficient (Wildman–Crippen LogP) is 1.79. The van der Waals surface area contributed by atoms with Crippen LogP contribution >= 0.6 is 24.8 Å². The number of hydrogen-bond acceptors (Lipinski definition) is 4. The first-order valence-corrected chi connectivity index (χ1v) is 8.24. The van der Waals surface area contributed by atoms with Crippen LogP contribution in [-0.4, -0.2) is 48.9 Å². The zero-order chi connectivity index (χ0) is 16.5. The van der Waals surface area contributed by atoms with Gasteiger partial charge in [0, 0.05) is 31.2 Å². The first kappa shape index (κ1) is 23.7. The summed E-state index contributed by atoms with van der Waals surface area (Å²) in [6.45, 7) is 2.58. The highest BCUT2D eigenvalue weighted by atomic mass is 35.5. The van der Waals surface area contributed by atoms with Crippen molar-refractivity contribution in [2.24, 2.45) is 5.73 Å². The Morgan fingerprint density at radius 3 is 2.32 bits per heavy atom. The number of nitrogens with one attached hydrogen (secondary N) is 2. The normalized spacial score (nSPS) is 14.8. The number of para-hydroxylation sites is 1. The van der Waals surface area contributed by atoms with Gasteiger partial charge in [0.2, 0.25) is 11.8 Å². The number of benzene rings is 1. The van der Waals surface area contributed by atoms with Crippen LogP contribution in [-0.2, 0) is 9.59 Å². The molecule has 1 saturated heterocycles. The highest BCUT2D eigenvalue weighted by molar-refractivity contribution is 5.92. The van der Waals surface area contributed by atoms with Gasteiger partial charge in [0.05, 0.1) is 6.54 Å². The molecule has 1 aliphatic heterocycles. The van der Waals surface area contributed by atoms with Crippen molar-refractivity contribution in [3.8, 4) is 0 Å². The second kappa shape index (κ2) is 12.9. The van der Waals surface area contributed by atoms with Crippen LogP contribution in [0.25, 0.3) is 0 Å². The summed E-state index contributed by atoms with van der Waals surface area (Å²) in [7, 11) is 0. The molecule has 6 nitrogen and oxygen atoms in total. The van der Waals surface area contributed by atoms with Crippen LogP contribution in [0.1, 0.15) is 25.7 Å². The molecule has 1 aliphatic rings. The lowest BCUT2D eigenvalue weighted by Crippen LogP contribution is -2.46. The maximum absolute atomic E-state index is 12.0. The van der Waals surface area contributed by atoms with Crippen LogP contribution in [0.15, 0.2) is 30.3 Å². The summed E-state index contributed by atoms with van der Waals surface area (Å²) in [6.07, 6.45) is 2.99. The van der Waals surface area contributed by atoms with E-state index in [0.717, 1.165) is 38.0 Å². The molecule has 8 heteroatoms. The monoisotopic (exact) mass is 390 g/mol. The number of halogens is 2. The number of anilines is 1. The number of likely N-dealkylation sites (tertiary alicyclic amines) is 1. The minimum Gasteiger partial charge on any atom is -0.353 e. The van der Waals surface area contributed by atoms with Gasteiger partial charge in [0.15, 0.2) is 0 Å². The second-order valence-corrected chi connectivity index (χ2v) is 5.92. The van der Waals surface area contributed by atoms with E-state index in [2.05, 4.69) is 15.5 Å². The summed E-state index contributed by atoms with van der Waals surface area (Å²) in [6, 6.07) is 9.68. The van der Waals surface area contributed by atoms with Gasteiger partial charge < -0.3 is 16.4 Å². The first-order chi connectivity index (χ1) is 11.2. The molecule has 2 amide bonds. The molecule has 25 heavy (non-hydrogen) atoms. The summed E-state index contributed by atoms with van der Waals surface area (Å²) in [5.41, 5.74) is 6.22. The fourth-order valence-corrected chi connectivity index (χ4v) is 2.72. The zero-order valence-corrected chi connectivity index (χ0v) is 15.9. The molecule has 1 heterocycles. The summed E-state index contributed by atoms with van der Waals surface area (Å²) in [5.74, 6) is 0.0809. The third kappa shape index (κ3) is 9.07. The molecule has 0 aromatic heterocycles. The SMILES string of the molecule is Cl.Cl.NCCCC(=O)NC1CCN(CC(=O)Nc2ccccc2)CC1. The van der Waals surface area contributed by atoms with Gasteiger partial charge in [-0.1, -0.05) is 18.2 Å². The molecular formula is C17H28Cl2N4O2. The van der Waals surface area contributed by atoms with E-state index in [4.69, 9.17) is 5.73 Å². The molecule has 0 saturated carbocycles. The van der Waals surface area contributed by atoms with Crippen LogP contribution in [0.2, 0.25) is 0 Å². The van der Waals surface area contributed by atoms with Crippen LogP contribution in [0.4, 0.5) is 5.69 Å². The summed E-state index contributed by atoms with van der Waals surface area (Å²) in [5, 5.41) is 5.94. The lowest BCUT2D eigenvalue weighted by molar-refractivity contribution is -0.122. The molecule has 0 unspecified atom stereocenters. The molecular weight excluding hydrogens is 363 g/mol. The van der Waals surface area contributed by atoms with Crippen molar-refractivity contribution in [2.45, 2.75) is 31.7 Å². The highest BCUT2D eigenvalue weighted by Gasteiger charge is 2.21. The smallest absolute Gasteiger partial charge is 0.238 e. The van der Waals surface area contributed by atoms with E-state index in [1.54, 1.807) is 0 Å². The van der Waals surface area contributed by atoms with E-state index in [1.165, 1.54) is 0 Å². The molecule has 142 valence electrons. The van der Waals surface area contributed by atoms with Crippen LogP contribution in [0.5, 0.6) is 0 Å². The number of nitrogens with zero attached hydrogens (tertiary/aromatic N) is 1. The number of hydrogen-bond donors (Lipinski definition) is 3.